The number of hydrogen-bond donors (Lipinski definition) is 1. The molecule has 0 amide bonds. The molecule has 0 spiro atoms. The lowest BCUT2D eigenvalue weighted by atomic mass is 10.1. The van der Waals surface area contributed by atoms with Crippen LogP contribution in [0.1, 0.15) is 18.9 Å². The van der Waals surface area contributed by atoms with E-state index in [2.05, 4.69) is 17.1 Å². The molecule has 98 valence electrons. The molecular formula is C13H19N3O2. The van der Waals surface area contributed by atoms with E-state index in [0.717, 1.165) is 37.3 Å². The van der Waals surface area contributed by atoms with E-state index in [4.69, 9.17) is 0 Å². The maximum atomic E-state index is 10.8. The number of likely N-dealkylation sites (N-methyl/N-ethyl adjacent to an activating group) is 1. The van der Waals surface area contributed by atoms with Crippen LogP contribution in [0.5, 0.6) is 0 Å². The first kappa shape index (κ1) is 12.8. The lowest BCUT2D eigenvalue weighted by molar-refractivity contribution is -0.385. The van der Waals surface area contributed by atoms with Gasteiger partial charge in [0.15, 0.2) is 0 Å². The molecule has 0 bridgehead atoms. The standard InChI is InChI=1S/C13H19N3O2/c1-3-15(12-6-7-14-9-12)11-4-5-13(16(17)18)10(2)8-11/h4-5,8,12,14H,3,6-7,9H2,1-2H3. The molecule has 0 radical (unpaired) electrons. The molecule has 5 nitrogen and oxygen atoms in total. The predicted octanol–water partition coefficient (Wildman–Crippen LogP) is 2.09. The minimum absolute atomic E-state index is 0.194. The molecule has 1 unspecified atom stereocenters. The third kappa shape index (κ3) is 2.46. The zero-order chi connectivity index (χ0) is 13.1. The van der Waals surface area contributed by atoms with Gasteiger partial charge < -0.3 is 10.2 Å². The number of nitrogens with zero attached hydrogens (tertiary/aromatic N) is 2. The van der Waals surface area contributed by atoms with Crippen molar-refractivity contribution in [3.8, 4) is 0 Å². The molecule has 1 aliphatic heterocycles. The van der Waals surface area contributed by atoms with E-state index in [1.165, 1.54) is 0 Å². The van der Waals surface area contributed by atoms with Crippen molar-refractivity contribution < 1.29 is 4.92 Å². The Balaban J connectivity index is 2.26. The topological polar surface area (TPSA) is 58.4 Å². The largest absolute Gasteiger partial charge is 0.367 e. The second kappa shape index (κ2) is 5.35. The average Bonchev–Trinajstić information content (AvgIpc) is 2.83. The Morgan fingerprint density at radius 1 is 1.56 bits per heavy atom. The Morgan fingerprint density at radius 2 is 2.33 bits per heavy atom. The Labute approximate surface area is 107 Å². The smallest absolute Gasteiger partial charge is 0.272 e. The summed E-state index contributed by atoms with van der Waals surface area (Å²) < 4.78 is 0. The second-order valence-corrected chi connectivity index (χ2v) is 4.66. The Morgan fingerprint density at radius 3 is 2.83 bits per heavy atom. The molecule has 2 rings (SSSR count). The van der Waals surface area contributed by atoms with Crippen molar-refractivity contribution in [3.05, 3.63) is 33.9 Å². The second-order valence-electron chi connectivity index (χ2n) is 4.66. The van der Waals surface area contributed by atoms with Crippen LogP contribution in [0.2, 0.25) is 0 Å². The zero-order valence-corrected chi connectivity index (χ0v) is 10.8. The van der Waals surface area contributed by atoms with Crippen LogP contribution in [0, 0.1) is 17.0 Å². The van der Waals surface area contributed by atoms with Crippen LogP contribution in [0.3, 0.4) is 0 Å². The summed E-state index contributed by atoms with van der Waals surface area (Å²) in [5.74, 6) is 0. The molecule has 1 aromatic rings. The summed E-state index contributed by atoms with van der Waals surface area (Å²) in [6.45, 7) is 6.87. The number of rotatable bonds is 4. The fourth-order valence-electron chi connectivity index (χ4n) is 2.58. The summed E-state index contributed by atoms with van der Waals surface area (Å²) in [6.07, 6.45) is 1.13. The van der Waals surface area contributed by atoms with E-state index in [-0.39, 0.29) is 10.6 Å². The van der Waals surface area contributed by atoms with Crippen LogP contribution < -0.4 is 10.2 Å². The third-order valence-electron chi connectivity index (χ3n) is 3.52. The number of hydrogen-bond acceptors (Lipinski definition) is 4. The van der Waals surface area contributed by atoms with E-state index in [0.29, 0.717) is 6.04 Å². The first-order valence-corrected chi connectivity index (χ1v) is 6.36. The van der Waals surface area contributed by atoms with Crippen LogP contribution in [-0.2, 0) is 0 Å². The van der Waals surface area contributed by atoms with E-state index >= 15 is 0 Å². The van der Waals surface area contributed by atoms with Gasteiger partial charge in [0.2, 0.25) is 0 Å². The SMILES string of the molecule is CCN(c1ccc([N+](=O)[O-])c(C)c1)C1CCNC1. The Bertz CT molecular complexity index is 442. The van der Waals surface area contributed by atoms with Crippen molar-refractivity contribution in [2.45, 2.75) is 26.3 Å². The molecule has 1 atom stereocenters. The van der Waals surface area contributed by atoms with Crippen LogP contribution in [0.25, 0.3) is 0 Å². The molecule has 1 aliphatic rings. The number of aryl methyl sites for hydroxylation is 1. The highest BCUT2D eigenvalue weighted by Crippen LogP contribution is 2.26. The maximum Gasteiger partial charge on any atom is 0.272 e. The van der Waals surface area contributed by atoms with Crippen molar-refractivity contribution >= 4 is 11.4 Å². The highest BCUT2D eigenvalue weighted by Gasteiger charge is 2.22. The molecule has 0 saturated carbocycles. The summed E-state index contributed by atoms with van der Waals surface area (Å²) >= 11 is 0. The van der Waals surface area contributed by atoms with E-state index in [1.807, 2.05) is 12.1 Å². The van der Waals surface area contributed by atoms with Crippen molar-refractivity contribution in [2.75, 3.05) is 24.5 Å². The van der Waals surface area contributed by atoms with E-state index in [9.17, 15) is 10.1 Å². The lowest BCUT2D eigenvalue weighted by Gasteiger charge is -2.29. The molecular weight excluding hydrogens is 230 g/mol. The molecule has 5 heteroatoms. The van der Waals surface area contributed by atoms with Crippen molar-refractivity contribution in [1.82, 2.24) is 5.32 Å². The first-order valence-electron chi connectivity index (χ1n) is 6.36. The van der Waals surface area contributed by atoms with Crippen LogP contribution in [-0.4, -0.2) is 30.6 Å². The quantitative estimate of drug-likeness (QED) is 0.655. The molecule has 1 fully saturated rings. The summed E-state index contributed by atoms with van der Waals surface area (Å²) in [7, 11) is 0. The van der Waals surface area contributed by atoms with Gasteiger partial charge in [0.1, 0.15) is 0 Å². The fraction of sp³-hybridized carbons (Fsp3) is 0.538. The Hall–Kier alpha value is -1.62. The highest BCUT2D eigenvalue weighted by molar-refractivity contribution is 5.56. The number of anilines is 1. The van der Waals surface area contributed by atoms with Gasteiger partial charge in [0, 0.05) is 36.4 Å². The van der Waals surface area contributed by atoms with Gasteiger partial charge in [-0.2, -0.15) is 0 Å². The van der Waals surface area contributed by atoms with Gasteiger partial charge in [-0.1, -0.05) is 0 Å². The normalized spacial score (nSPS) is 18.9. The molecule has 18 heavy (non-hydrogen) atoms. The first-order chi connectivity index (χ1) is 8.63. The van der Waals surface area contributed by atoms with Crippen molar-refractivity contribution in [2.24, 2.45) is 0 Å². The number of benzene rings is 1. The van der Waals surface area contributed by atoms with Gasteiger partial charge in [0.05, 0.1) is 4.92 Å². The van der Waals surface area contributed by atoms with Crippen LogP contribution in [0.4, 0.5) is 11.4 Å². The summed E-state index contributed by atoms with van der Waals surface area (Å²) in [5.41, 5.74) is 2.00. The molecule has 1 N–H and O–H groups in total. The highest BCUT2D eigenvalue weighted by atomic mass is 16.6. The Kier molecular flexibility index (Phi) is 3.81. The average molecular weight is 249 g/mol. The van der Waals surface area contributed by atoms with Crippen molar-refractivity contribution in [3.63, 3.8) is 0 Å². The predicted molar refractivity (Wildman–Crippen MR) is 72.1 cm³/mol. The summed E-state index contributed by atoms with van der Waals surface area (Å²) in [6, 6.07) is 5.87. The fourth-order valence-corrected chi connectivity index (χ4v) is 2.58. The maximum absolute atomic E-state index is 10.8. The molecule has 1 saturated heterocycles. The molecule has 0 aromatic heterocycles. The van der Waals surface area contributed by atoms with Gasteiger partial charge in [0.25, 0.3) is 5.69 Å². The minimum Gasteiger partial charge on any atom is -0.367 e. The monoisotopic (exact) mass is 249 g/mol. The summed E-state index contributed by atoms with van der Waals surface area (Å²) in [4.78, 5) is 12.8. The molecule has 1 aromatic carbocycles. The zero-order valence-electron chi connectivity index (χ0n) is 10.8. The number of nitro groups is 1. The van der Waals surface area contributed by atoms with Crippen molar-refractivity contribution in [1.29, 1.82) is 0 Å². The summed E-state index contributed by atoms with van der Waals surface area (Å²) in [5, 5.41) is 14.2. The minimum atomic E-state index is -0.327. The van der Waals surface area contributed by atoms with Gasteiger partial charge in [-0.15, -0.1) is 0 Å². The van der Waals surface area contributed by atoms with Gasteiger partial charge in [-0.25, -0.2) is 0 Å². The van der Waals surface area contributed by atoms with E-state index < -0.39 is 0 Å². The molecule has 1 heterocycles. The van der Waals surface area contributed by atoms with Crippen LogP contribution in [0.15, 0.2) is 18.2 Å². The van der Waals surface area contributed by atoms with Gasteiger partial charge >= 0.3 is 0 Å². The lowest BCUT2D eigenvalue weighted by Crippen LogP contribution is -2.36. The van der Waals surface area contributed by atoms with E-state index in [1.54, 1.807) is 13.0 Å². The number of nitro benzene ring substituents is 1. The van der Waals surface area contributed by atoms with Gasteiger partial charge in [-0.05, 0) is 38.9 Å². The van der Waals surface area contributed by atoms with Gasteiger partial charge in [-0.3, -0.25) is 10.1 Å². The molecule has 0 aliphatic carbocycles. The van der Waals surface area contributed by atoms with Crippen LogP contribution >= 0.6 is 0 Å². The third-order valence-corrected chi connectivity index (χ3v) is 3.52. The number of nitrogens with one attached hydrogen (secondary N) is 1.